The molecule has 4 rings (SSSR count). The molecule has 0 spiro atoms. The third-order valence-electron chi connectivity index (χ3n) is 5.22. The Morgan fingerprint density at radius 3 is 2.95 bits per heavy atom. The smallest absolute Gasteiger partial charge is 0.308 e. The quantitative estimate of drug-likeness (QED) is 0.897. The summed E-state index contributed by atoms with van der Waals surface area (Å²) in [6, 6.07) is 9.26. The summed E-state index contributed by atoms with van der Waals surface area (Å²) in [6.07, 6.45) is 2.95. The van der Waals surface area contributed by atoms with E-state index >= 15 is 0 Å². The summed E-state index contributed by atoms with van der Waals surface area (Å²) in [5.74, 6) is -0.824. The molecule has 3 aliphatic rings. The Morgan fingerprint density at radius 2 is 2.15 bits per heavy atom. The molecule has 20 heavy (non-hydrogen) atoms. The van der Waals surface area contributed by atoms with E-state index in [-0.39, 0.29) is 18.0 Å². The number of carbonyl (C=O) groups is 1. The van der Waals surface area contributed by atoms with Gasteiger partial charge in [0.2, 0.25) is 0 Å². The fraction of sp³-hybridized carbons (Fsp3) is 0.562. The molecule has 0 saturated carbocycles. The number of rotatable bonds is 2. The second-order valence-electron chi connectivity index (χ2n) is 6.16. The van der Waals surface area contributed by atoms with E-state index in [1.807, 2.05) is 6.07 Å². The summed E-state index contributed by atoms with van der Waals surface area (Å²) in [5, 5.41) is 9.39. The van der Waals surface area contributed by atoms with Crippen molar-refractivity contribution in [3.8, 4) is 0 Å². The number of hydrogen-bond donors (Lipinski definition) is 1. The van der Waals surface area contributed by atoms with Crippen molar-refractivity contribution >= 4 is 5.97 Å². The van der Waals surface area contributed by atoms with E-state index in [0.717, 1.165) is 19.3 Å². The van der Waals surface area contributed by atoms with Crippen LogP contribution in [0.1, 0.15) is 36.4 Å². The van der Waals surface area contributed by atoms with Crippen molar-refractivity contribution < 1.29 is 14.6 Å². The van der Waals surface area contributed by atoms with Crippen LogP contribution in [0.2, 0.25) is 0 Å². The Hall–Kier alpha value is -1.39. The minimum Gasteiger partial charge on any atom is -0.481 e. The van der Waals surface area contributed by atoms with Crippen molar-refractivity contribution in [1.82, 2.24) is 4.90 Å². The normalized spacial score (nSPS) is 36.0. The number of ether oxygens (including phenoxy) is 1. The topological polar surface area (TPSA) is 49.8 Å². The monoisotopic (exact) mass is 273 g/mol. The van der Waals surface area contributed by atoms with E-state index < -0.39 is 5.97 Å². The molecular weight excluding hydrogens is 254 g/mol. The lowest BCUT2D eigenvalue weighted by molar-refractivity contribution is -0.142. The van der Waals surface area contributed by atoms with Crippen molar-refractivity contribution in [3.05, 3.63) is 35.4 Å². The first-order valence-electron chi connectivity index (χ1n) is 7.41. The van der Waals surface area contributed by atoms with E-state index in [1.54, 1.807) is 0 Å². The maximum atomic E-state index is 11.4. The lowest BCUT2D eigenvalue weighted by Gasteiger charge is -2.36. The summed E-state index contributed by atoms with van der Waals surface area (Å²) >= 11 is 0. The van der Waals surface area contributed by atoms with Gasteiger partial charge in [-0.1, -0.05) is 24.3 Å². The second-order valence-corrected chi connectivity index (χ2v) is 6.16. The van der Waals surface area contributed by atoms with E-state index in [4.69, 9.17) is 4.74 Å². The fourth-order valence-electron chi connectivity index (χ4n) is 4.39. The molecule has 0 aliphatic carbocycles. The molecule has 0 aromatic heterocycles. The highest BCUT2D eigenvalue weighted by Crippen LogP contribution is 2.47. The number of nitrogens with zero attached hydrogens (tertiary/aromatic N) is 1. The van der Waals surface area contributed by atoms with Crippen LogP contribution in [-0.2, 0) is 16.1 Å². The SMILES string of the molecule is O=C(O)C1CC2CCC1N2C1COCc2ccccc21. The first kappa shape index (κ1) is 12.4. The van der Waals surface area contributed by atoms with Crippen molar-refractivity contribution in [2.45, 2.75) is 44.0 Å². The van der Waals surface area contributed by atoms with Gasteiger partial charge in [0, 0.05) is 12.1 Å². The summed E-state index contributed by atoms with van der Waals surface area (Å²) < 4.78 is 5.75. The van der Waals surface area contributed by atoms with Crippen molar-refractivity contribution in [2.24, 2.45) is 5.92 Å². The number of hydrogen-bond acceptors (Lipinski definition) is 3. The molecule has 4 unspecified atom stereocenters. The molecule has 4 atom stereocenters. The molecule has 4 heteroatoms. The zero-order valence-corrected chi connectivity index (χ0v) is 11.4. The molecule has 0 radical (unpaired) electrons. The highest BCUT2D eigenvalue weighted by atomic mass is 16.5. The maximum absolute atomic E-state index is 11.4. The summed E-state index contributed by atoms with van der Waals surface area (Å²) in [4.78, 5) is 13.8. The molecule has 3 aliphatic heterocycles. The fourth-order valence-corrected chi connectivity index (χ4v) is 4.39. The van der Waals surface area contributed by atoms with Crippen LogP contribution >= 0.6 is 0 Å². The Bertz CT molecular complexity index is 544. The highest BCUT2D eigenvalue weighted by molar-refractivity contribution is 5.71. The van der Waals surface area contributed by atoms with E-state index in [0.29, 0.717) is 19.3 Å². The predicted molar refractivity (Wildman–Crippen MR) is 73.2 cm³/mol. The minimum absolute atomic E-state index is 0.192. The Morgan fingerprint density at radius 1 is 1.30 bits per heavy atom. The van der Waals surface area contributed by atoms with Gasteiger partial charge < -0.3 is 9.84 Å². The van der Waals surface area contributed by atoms with Crippen LogP contribution in [-0.4, -0.2) is 34.7 Å². The summed E-state index contributed by atoms with van der Waals surface area (Å²) in [5.41, 5.74) is 2.59. The summed E-state index contributed by atoms with van der Waals surface area (Å²) in [6.45, 7) is 1.37. The van der Waals surface area contributed by atoms with Crippen molar-refractivity contribution in [2.75, 3.05) is 6.61 Å². The zero-order valence-electron chi connectivity index (χ0n) is 11.4. The van der Waals surface area contributed by atoms with Crippen LogP contribution in [0.15, 0.2) is 24.3 Å². The molecule has 3 heterocycles. The Kier molecular flexibility index (Phi) is 2.82. The first-order chi connectivity index (χ1) is 9.75. The van der Waals surface area contributed by atoms with Gasteiger partial charge in [0.1, 0.15) is 0 Å². The predicted octanol–water partition coefficient (Wildman–Crippen LogP) is 2.20. The molecule has 1 aromatic rings. The first-order valence-corrected chi connectivity index (χ1v) is 7.41. The van der Waals surface area contributed by atoms with Gasteiger partial charge in [-0.2, -0.15) is 0 Å². The number of carboxylic acid groups (broad SMARTS) is 1. The minimum atomic E-state index is -0.632. The lowest BCUT2D eigenvalue weighted by Crippen LogP contribution is -2.39. The molecule has 2 fully saturated rings. The molecular formula is C16H19NO3. The van der Waals surface area contributed by atoms with Crippen LogP contribution in [0.3, 0.4) is 0 Å². The molecule has 1 N–H and O–H groups in total. The highest BCUT2D eigenvalue weighted by Gasteiger charge is 2.52. The van der Waals surface area contributed by atoms with Gasteiger partial charge in [-0.3, -0.25) is 9.69 Å². The van der Waals surface area contributed by atoms with Gasteiger partial charge in [-0.25, -0.2) is 0 Å². The van der Waals surface area contributed by atoms with Crippen molar-refractivity contribution in [3.63, 3.8) is 0 Å². The van der Waals surface area contributed by atoms with Crippen LogP contribution in [0.5, 0.6) is 0 Å². The van der Waals surface area contributed by atoms with Gasteiger partial charge in [-0.15, -0.1) is 0 Å². The van der Waals surface area contributed by atoms with Crippen LogP contribution in [0.25, 0.3) is 0 Å². The van der Waals surface area contributed by atoms with E-state index in [1.165, 1.54) is 11.1 Å². The van der Waals surface area contributed by atoms with Gasteiger partial charge in [0.15, 0.2) is 0 Å². The third-order valence-corrected chi connectivity index (χ3v) is 5.22. The molecule has 106 valence electrons. The third kappa shape index (κ3) is 1.71. The lowest BCUT2D eigenvalue weighted by atomic mass is 9.89. The van der Waals surface area contributed by atoms with Crippen LogP contribution in [0, 0.1) is 5.92 Å². The molecule has 4 nitrogen and oxygen atoms in total. The number of benzene rings is 1. The largest absolute Gasteiger partial charge is 0.481 e. The average molecular weight is 273 g/mol. The van der Waals surface area contributed by atoms with Gasteiger partial charge in [0.25, 0.3) is 0 Å². The molecule has 2 saturated heterocycles. The summed E-state index contributed by atoms with van der Waals surface area (Å²) in [7, 11) is 0. The van der Waals surface area contributed by atoms with Gasteiger partial charge in [-0.05, 0) is 30.4 Å². The van der Waals surface area contributed by atoms with Crippen LogP contribution in [0.4, 0.5) is 0 Å². The number of aliphatic carboxylic acids is 1. The Labute approximate surface area is 118 Å². The van der Waals surface area contributed by atoms with E-state index in [9.17, 15) is 9.90 Å². The van der Waals surface area contributed by atoms with E-state index in [2.05, 4.69) is 23.1 Å². The molecule has 0 amide bonds. The average Bonchev–Trinajstić information content (AvgIpc) is 3.04. The van der Waals surface area contributed by atoms with Gasteiger partial charge >= 0.3 is 5.97 Å². The number of fused-ring (bicyclic) bond motifs is 3. The zero-order chi connectivity index (χ0) is 13.7. The Balaban J connectivity index is 1.68. The van der Waals surface area contributed by atoms with Crippen molar-refractivity contribution in [1.29, 1.82) is 0 Å². The van der Waals surface area contributed by atoms with Gasteiger partial charge in [0.05, 0.1) is 25.2 Å². The second kappa shape index (κ2) is 4.57. The maximum Gasteiger partial charge on any atom is 0.308 e. The standard InChI is InChI=1S/C16H19NO3/c18-16(19)13-7-11-5-6-14(13)17(11)15-9-20-8-10-3-1-2-4-12(10)15/h1-4,11,13-15H,5-9H2,(H,18,19). The molecule has 2 bridgehead atoms. The number of carboxylic acids is 1. The van der Waals surface area contributed by atoms with Crippen LogP contribution < -0.4 is 0 Å². The molecule has 1 aromatic carbocycles.